The summed E-state index contributed by atoms with van der Waals surface area (Å²) in [6.45, 7) is 1.79. The lowest BCUT2D eigenvalue weighted by Crippen LogP contribution is -2.29. The summed E-state index contributed by atoms with van der Waals surface area (Å²) in [4.78, 5) is 24.6. The Kier molecular flexibility index (Phi) is 5.99. The number of rotatable bonds is 6. The smallest absolute Gasteiger partial charge is 0.249 e. The van der Waals surface area contributed by atoms with Crippen molar-refractivity contribution in [2.24, 2.45) is 11.8 Å². The van der Waals surface area contributed by atoms with Crippen molar-refractivity contribution in [3.8, 4) is 11.8 Å². The number of halogens is 1. The van der Waals surface area contributed by atoms with Crippen LogP contribution in [0, 0.1) is 30.1 Å². The molecule has 1 aromatic carbocycles. The van der Waals surface area contributed by atoms with Gasteiger partial charge in [-0.3, -0.25) is 9.59 Å². The third-order valence-corrected chi connectivity index (χ3v) is 4.43. The number of amides is 1. The molecule has 24 heavy (non-hydrogen) atoms. The second-order valence-electron chi connectivity index (χ2n) is 5.79. The summed E-state index contributed by atoms with van der Waals surface area (Å²) in [5.74, 6) is -1.85. The first kappa shape index (κ1) is 18.0. The van der Waals surface area contributed by atoms with E-state index in [1.165, 1.54) is 7.11 Å². The molecule has 126 valence electrons. The molecule has 0 radical (unpaired) electrons. The molecule has 0 spiro atoms. The number of hydrogen-bond donors (Lipinski definition) is 1. The summed E-state index contributed by atoms with van der Waals surface area (Å²) in [7, 11) is 1.45. The zero-order valence-electron chi connectivity index (χ0n) is 13.6. The number of benzene rings is 1. The first-order valence-electron chi connectivity index (χ1n) is 7.70. The quantitative estimate of drug-likeness (QED) is 0.629. The van der Waals surface area contributed by atoms with Gasteiger partial charge in [-0.25, -0.2) is 0 Å². The van der Waals surface area contributed by atoms with Crippen molar-refractivity contribution in [2.75, 3.05) is 12.4 Å². The number of methoxy groups -OCH3 is 1. The van der Waals surface area contributed by atoms with Crippen LogP contribution in [0.5, 0.6) is 5.75 Å². The molecule has 0 aliphatic heterocycles. The van der Waals surface area contributed by atoms with Gasteiger partial charge in [0, 0.05) is 17.5 Å². The van der Waals surface area contributed by atoms with Crippen LogP contribution in [0.25, 0.3) is 0 Å². The minimum Gasteiger partial charge on any atom is -0.495 e. The fourth-order valence-electron chi connectivity index (χ4n) is 2.65. The zero-order chi connectivity index (χ0) is 17.7. The molecule has 0 saturated carbocycles. The van der Waals surface area contributed by atoms with Gasteiger partial charge in [0.05, 0.1) is 18.9 Å². The van der Waals surface area contributed by atoms with E-state index >= 15 is 0 Å². The molecule has 0 unspecified atom stereocenters. The normalized spacial score (nSPS) is 17.2. The number of carbonyl (C=O) groups excluding carboxylic acids is 2. The molecule has 1 aliphatic rings. The van der Waals surface area contributed by atoms with Crippen LogP contribution in [0.4, 0.5) is 5.69 Å². The Hall–Kier alpha value is -2.32. The maximum atomic E-state index is 12.4. The second kappa shape index (κ2) is 7.98. The van der Waals surface area contributed by atoms with Gasteiger partial charge in [-0.2, -0.15) is 5.26 Å². The molecule has 1 N–H and O–H groups in total. The van der Waals surface area contributed by atoms with Crippen molar-refractivity contribution >= 4 is 29.0 Å². The van der Waals surface area contributed by atoms with Crippen molar-refractivity contribution in [1.82, 2.24) is 0 Å². The van der Waals surface area contributed by atoms with Gasteiger partial charge in [0.25, 0.3) is 0 Å². The highest BCUT2D eigenvalue weighted by Gasteiger charge is 2.29. The fourth-order valence-corrected chi connectivity index (χ4v) is 2.81. The lowest BCUT2D eigenvalue weighted by atomic mass is 9.94. The molecule has 1 amide bonds. The highest BCUT2D eigenvalue weighted by atomic mass is 35.5. The summed E-state index contributed by atoms with van der Waals surface area (Å²) >= 11 is 6.03. The maximum absolute atomic E-state index is 12.4. The van der Waals surface area contributed by atoms with Crippen molar-refractivity contribution in [3.05, 3.63) is 34.9 Å². The molecule has 6 heteroatoms. The number of allylic oxidation sites excluding steroid dienone is 2. The van der Waals surface area contributed by atoms with E-state index in [1.54, 1.807) is 25.1 Å². The standard InChI is InChI=1S/C18H19ClN2O3/c1-11-7-15(17(24-2)9-14(11)19)21-18(23)13(10-20)16(22)8-12-5-3-4-6-12/h3,5,7,9,12-13H,4,6,8H2,1-2H3,(H,21,23)/t12-,13+/m1/s1. The average molecular weight is 347 g/mol. The van der Waals surface area contributed by atoms with Gasteiger partial charge in [-0.1, -0.05) is 23.8 Å². The van der Waals surface area contributed by atoms with E-state index in [4.69, 9.17) is 16.3 Å². The second-order valence-corrected chi connectivity index (χ2v) is 6.20. The SMILES string of the molecule is COc1cc(Cl)c(C)cc1NC(=O)[C@@H](C#N)C(=O)C[C@@H]1C=CCC1. The Morgan fingerprint density at radius 2 is 2.25 bits per heavy atom. The highest BCUT2D eigenvalue weighted by molar-refractivity contribution is 6.31. The Balaban J connectivity index is 2.12. The third kappa shape index (κ3) is 4.15. The number of carbonyl (C=O) groups is 2. The van der Waals surface area contributed by atoms with Crippen LogP contribution >= 0.6 is 11.6 Å². The van der Waals surface area contributed by atoms with Gasteiger partial charge in [0.1, 0.15) is 5.75 Å². The largest absolute Gasteiger partial charge is 0.495 e. The van der Waals surface area contributed by atoms with Crippen LogP contribution in [-0.4, -0.2) is 18.8 Å². The highest BCUT2D eigenvalue weighted by Crippen LogP contribution is 2.31. The number of nitrogens with one attached hydrogen (secondary N) is 1. The van der Waals surface area contributed by atoms with Crippen LogP contribution in [0.2, 0.25) is 5.02 Å². The molecule has 0 saturated heterocycles. The Labute approximate surface area is 146 Å². The monoisotopic (exact) mass is 346 g/mol. The molecular weight excluding hydrogens is 328 g/mol. The number of nitrogens with zero attached hydrogens (tertiary/aromatic N) is 1. The Bertz CT molecular complexity index is 722. The van der Waals surface area contributed by atoms with E-state index in [0.717, 1.165) is 18.4 Å². The Morgan fingerprint density at radius 1 is 1.50 bits per heavy atom. The van der Waals surface area contributed by atoms with Gasteiger partial charge < -0.3 is 10.1 Å². The topological polar surface area (TPSA) is 79.2 Å². The maximum Gasteiger partial charge on any atom is 0.249 e. The number of anilines is 1. The number of nitriles is 1. The molecule has 5 nitrogen and oxygen atoms in total. The van der Waals surface area contributed by atoms with Gasteiger partial charge in [0.15, 0.2) is 11.7 Å². The van der Waals surface area contributed by atoms with Crippen LogP contribution in [0.1, 0.15) is 24.8 Å². The van der Waals surface area contributed by atoms with E-state index in [-0.39, 0.29) is 18.1 Å². The summed E-state index contributed by atoms with van der Waals surface area (Å²) in [5, 5.41) is 12.3. The summed E-state index contributed by atoms with van der Waals surface area (Å²) in [6.07, 6.45) is 6.01. The van der Waals surface area contributed by atoms with E-state index in [0.29, 0.717) is 16.5 Å². The predicted molar refractivity (Wildman–Crippen MR) is 92.0 cm³/mol. The summed E-state index contributed by atoms with van der Waals surface area (Å²) in [6, 6.07) is 5.04. The molecule has 0 fully saturated rings. The number of ketones is 1. The number of ether oxygens (including phenoxy) is 1. The lowest BCUT2D eigenvalue weighted by molar-refractivity contribution is -0.129. The van der Waals surface area contributed by atoms with Gasteiger partial charge in [-0.05, 0) is 37.3 Å². The van der Waals surface area contributed by atoms with Gasteiger partial charge in [-0.15, -0.1) is 0 Å². The first-order chi connectivity index (χ1) is 11.5. The lowest BCUT2D eigenvalue weighted by Gasteiger charge is -2.15. The minimum atomic E-state index is -1.33. The van der Waals surface area contributed by atoms with E-state index < -0.39 is 11.8 Å². The fraction of sp³-hybridized carbons (Fsp3) is 0.389. The van der Waals surface area contributed by atoms with Crippen LogP contribution in [0.3, 0.4) is 0 Å². The van der Waals surface area contributed by atoms with Crippen molar-refractivity contribution in [1.29, 1.82) is 5.26 Å². The molecule has 0 bridgehead atoms. The molecule has 0 heterocycles. The summed E-state index contributed by atoms with van der Waals surface area (Å²) in [5.41, 5.74) is 1.14. The first-order valence-corrected chi connectivity index (χ1v) is 8.08. The van der Waals surface area contributed by atoms with Crippen molar-refractivity contribution < 1.29 is 14.3 Å². The predicted octanol–water partition coefficient (Wildman–Crippen LogP) is 3.66. The van der Waals surface area contributed by atoms with Crippen LogP contribution < -0.4 is 10.1 Å². The van der Waals surface area contributed by atoms with Gasteiger partial charge in [0.2, 0.25) is 5.91 Å². The van der Waals surface area contributed by atoms with E-state index in [9.17, 15) is 14.9 Å². The molecule has 1 aromatic rings. The third-order valence-electron chi connectivity index (χ3n) is 4.03. The van der Waals surface area contributed by atoms with Crippen molar-refractivity contribution in [2.45, 2.75) is 26.2 Å². The molecular formula is C18H19ClN2O3. The van der Waals surface area contributed by atoms with Crippen molar-refractivity contribution in [3.63, 3.8) is 0 Å². The molecule has 0 aromatic heterocycles. The van der Waals surface area contributed by atoms with Crippen LogP contribution in [-0.2, 0) is 9.59 Å². The number of Topliss-reactive ketones (excluding diaryl/α,β-unsaturated/α-hetero) is 1. The van der Waals surface area contributed by atoms with E-state index in [2.05, 4.69) is 5.32 Å². The Morgan fingerprint density at radius 3 is 2.83 bits per heavy atom. The molecule has 2 rings (SSSR count). The summed E-state index contributed by atoms with van der Waals surface area (Å²) < 4.78 is 5.19. The van der Waals surface area contributed by atoms with E-state index in [1.807, 2.05) is 12.2 Å². The number of aryl methyl sites for hydroxylation is 1. The minimum absolute atomic E-state index is 0.119. The van der Waals surface area contributed by atoms with Gasteiger partial charge >= 0.3 is 0 Å². The zero-order valence-corrected chi connectivity index (χ0v) is 14.4. The molecule has 2 atom stereocenters. The van der Waals surface area contributed by atoms with Crippen LogP contribution in [0.15, 0.2) is 24.3 Å². The molecule has 1 aliphatic carbocycles. The average Bonchev–Trinajstić information content (AvgIpc) is 3.04. The number of hydrogen-bond acceptors (Lipinski definition) is 4.